The van der Waals surface area contributed by atoms with Crippen LogP contribution in [0.4, 0.5) is 0 Å². The van der Waals surface area contributed by atoms with Crippen LogP contribution in [0.25, 0.3) is 11.5 Å². The van der Waals surface area contributed by atoms with Gasteiger partial charge in [-0.25, -0.2) is 4.98 Å². The number of hydrogen-bond acceptors (Lipinski definition) is 4. The highest BCUT2D eigenvalue weighted by Gasteiger charge is 2.08. The molecule has 2 N–H and O–H groups in total. The molecule has 0 amide bonds. The van der Waals surface area contributed by atoms with E-state index in [4.69, 9.17) is 9.41 Å². The minimum atomic E-state index is 0. The average Bonchev–Trinajstić information content (AvgIpc) is 3.21. The van der Waals surface area contributed by atoms with E-state index in [9.17, 15) is 0 Å². The van der Waals surface area contributed by atoms with E-state index in [1.54, 1.807) is 6.26 Å². The number of nitrogens with zero attached hydrogens (tertiary/aromatic N) is 3. The highest BCUT2D eigenvalue weighted by molar-refractivity contribution is 14.0. The van der Waals surface area contributed by atoms with E-state index in [1.165, 1.54) is 12.0 Å². The van der Waals surface area contributed by atoms with Gasteiger partial charge in [-0.05, 0) is 65.4 Å². The molecule has 0 aliphatic heterocycles. The summed E-state index contributed by atoms with van der Waals surface area (Å²) in [5, 5.41) is 6.87. The van der Waals surface area contributed by atoms with Crippen molar-refractivity contribution < 1.29 is 4.42 Å². The molecular weight excluding hydrogens is 501 g/mol. The van der Waals surface area contributed by atoms with Gasteiger partial charge in [-0.3, -0.25) is 4.99 Å². The molecular formula is C24H40IN5O. The van der Waals surface area contributed by atoms with Gasteiger partial charge in [-0.1, -0.05) is 31.5 Å². The smallest absolute Gasteiger partial charge is 0.226 e. The molecule has 2 rings (SSSR count). The number of hydrogen-bond donors (Lipinski definition) is 2. The third-order valence-corrected chi connectivity index (χ3v) is 5.22. The molecule has 6 nitrogen and oxygen atoms in total. The van der Waals surface area contributed by atoms with E-state index in [1.807, 2.05) is 12.1 Å². The van der Waals surface area contributed by atoms with Gasteiger partial charge in [0.25, 0.3) is 0 Å². The molecule has 7 heteroatoms. The van der Waals surface area contributed by atoms with Crippen LogP contribution in [0.2, 0.25) is 0 Å². The first-order chi connectivity index (χ1) is 14.5. The summed E-state index contributed by atoms with van der Waals surface area (Å²) >= 11 is 0. The number of aryl methyl sites for hydroxylation is 1. The fraction of sp³-hybridized carbons (Fsp3) is 0.583. The van der Waals surface area contributed by atoms with Gasteiger partial charge < -0.3 is 20.0 Å². The van der Waals surface area contributed by atoms with Crippen molar-refractivity contribution in [1.82, 2.24) is 20.5 Å². The van der Waals surface area contributed by atoms with Crippen LogP contribution in [0.15, 0.2) is 39.9 Å². The van der Waals surface area contributed by atoms with Crippen molar-refractivity contribution in [2.45, 2.75) is 59.9 Å². The Morgan fingerprint density at radius 1 is 1.16 bits per heavy atom. The van der Waals surface area contributed by atoms with Crippen molar-refractivity contribution in [3.05, 3.63) is 41.8 Å². The lowest BCUT2D eigenvalue weighted by Gasteiger charge is -2.21. The minimum absolute atomic E-state index is 0. The number of benzene rings is 1. The lowest BCUT2D eigenvalue weighted by molar-refractivity contribution is 0.292. The van der Waals surface area contributed by atoms with E-state index in [0.717, 1.165) is 56.2 Å². The molecule has 1 aromatic heterocycles. The molecule has 0 spiro atoms. The Kier molecular flexibility index (Phi) is 13.5. The Bertz CT molecular complexity index is 756. The monoisotopic (exact) mass is 541 g/mol. The average molecular weight is 542 g/mol. The molecule has 1 aromatic carbocycles. The molecule has 0 bridgehead atoms. The van der Waals surface area contributed by atoms with E-state index in [-0.39, 0.29) is 24.0 Å². The van der Waals surface area contributed by atoms with Crippen LogP contribution in [0.1, 0.15) is 51.8 Å². The zero-order chi connectivity index (χ0) is 21.8. The van der Waals surface area contributed by atoms with Gasteiger partial charge in [-0.15, -0.1) is 24.0 Å². The molecule has 31 heavy (non-hydrogen) atoms. The quantitative estimate of drug-likeness (QED) is 0.228. The van der Waals surface area contributed by atoms with Crippen LogP contribution in [-0.4, -0.2) is 54.6 Å². The number of nitrogens with one attached hydrogen (secondary N) is 2. The molecule has 0 aliphatic rings. The minimum Gasteiger partial charge on any atom is -0.444 e. The van der Waals surface area contributed by atoms with Crippen LogP contribution in [-0.2, 0) is 6.42 Å². The molecule has 174 valence electrons. The highest BCUT2D eigenvalue weighted by Crippen LogP contribution is 2.19. The normalized spacial score (nSPS) is 12.5. The van der Waals surface area contributed by atoms with Crippen LogP contribution in [0, 0.1) is 6.92 Å². The van der Waals surface area contributed by atoms with Crippen molar-refractivity contribution in [3.8, 4) is 11.5 Å². The predicted molar refractivity (Wildman–Crippen MR) is 141 cm³/mol. The van der Waals surface area contributed by atoms with Gasteiger partial charge in [0.1, 0.15) is 6.26 Å². The zero-order valence-electron chi connectivity index (χ0n) is 19.8. The second-order valence-corrected chi connectivity index (χ2v) is 7.74. The number of guanidine groups is 1. The van der Waals surface area contributed by atoms with Crippen molar-refractivity contribution in [3.63, 3.8) is 0 Å². The van der Waals surface area contributed by atoms with Crippen LogP contribution in [0.5, 0.6) is 0 Å². The first kappa shape index (κ1) is 27.4. The summed E-state index contributed by atoms with van der Waals surface area (Å²) in [4.78, 5) is 11.8. The Morgan fingerprint density at radius 2 is 1.87 bits per heavy atom. The maximum absolute atomic E-state index is 5.65. The zero-order valence-corrected chi connectivity index (χ0v) is 22.1. The van der Waals surface area contributed by atoms with Gasteiger partial charge >= 0.3 is 0 Å². The fourth-order valence-electron chi connectivity index (χ4n) is 3.32. The molecule has 2 aromatic rings. The molecule has 1 heterocycles. The van der Waals surface area contributed by atoms with Crippen molar-refractivity contribution in [2.75, 3.05) is 32.7 Å². The lowest BCUT2D eigenvalue weighted by Crippen LogP contribution is -2.42. The SMILES string of the molecule is CCNC(=NCCc1coc(-c2ccc(C)cc2)n1)NC(C)CCCN(CC)CC.I. The summed E-state index contributed by atoms with van der Waals surface area (Å²) in [6.45, 7) is 15.7. The van der Waals surface area contributed by atoms with E-state index in [0.29, 0.717) is 18.5 Å². The van der Waals surface area contributed by atoms with Crippen molar-refractivity contribution >= 4 is 29.9 Å². The predicted octanol–water partition coefficient (Wildman–Crippen LogP) is 4.88. The van der Waals surface area contributed by atoms with Gasteiger partial charge in [0.2, 0.25) is 5.89 Å². The highest BCUT2D eigenvalue weighted by atomic mass is 127. The first-order valence-electron chi connectivity index (χ1n) is 11.3. The Labute approximate surface area is 205 Å². The standard InChI is InChI=1S/C24H39N5O.HI/c1-6-25-24(27-20(5)10-9-17-29(7-2)8-3)26-16-15-22-18-30-23(28-22)21-13-11-19(4)12-14-21;/h11-14,18,20H,6-10,15-17H2,1-5H3,(H2,25,26,27);1H. The third kappa shape index (κ3) is 10.0. The fourth-order valence-corrected chi connectivity index (χ4v) is 3.32. The molecule has 0 radical (unpaired) electrons. The number of halogens is 1. The summed E-state index contributed by atoms with van der Waals surface area (Å²) < 4.78 is 5.65. The topological polar surface area (TPSA) is 65.7 Å². The van der Waals surface area contributed by atoms with Crippen LogP contribution in [0.3, 0.4) is 0 Å². The van der Waals surface area contributed by atoms with Gasteiger partial charge in [0.05, 0.1) is 5.69 Å². The Balaban J connectivity index is 0.00000480. The van der Waals surface area contributed by atoms with Crippen LogP contribution >= 0.6 is 24.0 Å². The lowest BCUT2D eigenvalue weighted by atomic mass is 10.1. The van der Waals surface area contributed by atoms with E-state index < -0.39 is 0 Å². The van der Waals surface area contributed by atoms with Gasteiger partial charge in [0, 0.05) is 31.1 Å². The summed E-state index contributed by atoms with van der Waals surface area (Å²) in [7, 11) is 0. The van der Waals surface area contributed by atoms with Gasteiger partial charge in [-0.2, -0.15) is 0 Å². The maximum atomic E-state index is 5.65. The summed E-state index contributed by atoms with van der Waals surface area (Å²) in [5.41, 5.74) is 3.16. The number of aliphatic imine (C=N–C) groups is 1. The van der Waals surface area contributed by atoms with E-state index >= 15 is 0 Å². The molecule has 0 fully saturated rings. The second kappa shape index (κ2) is 15.2. The second-order valence-electron chi connectivity index (χ2n) is 7.74. The van der Waals surface area contributed by atoms with E-state index in [2.05, 4.69) is 67.3 Å². The Morgan fingerprint density at radius 3 is 2.52 bits per heavy atom. The van der Waals surface area contributed by atoms with Crippen LogP contribution < -0.4 is 10.6 Å². The van der Waals surface area contributed by atoms with Gasteiger partial charge in [0.15, 0.2) is 5.96 Å². The molecule has 0 saturated heterocycles. The van der Waals surface area contributed by atoms with Crippen molar-refractivity contribution in [2.24, 2.45) is 4.99 Å². The summed E-state index contributed by atoms with van der Waals surface area (Å²) in [6, 6.07) is 8.61. The molecule has 0 saturated carbocycles. The largest absolute Gasteiger partial charge is 0.444 e. The molecule has 0 aliphatic carbocycles. The van der Waals surface area contributed by atoms with Crippen molar-refractivity contribution in [1.29, 1.82) is 0 Å². The number of rotatable bonds is 12. The number of oxazole rings is 1. The maximum Gasteiger partial charge on any atom is 0.226 e. The summed E-state index contributed by atoms with van der Waals surface area (Å²) in [6.07, 6.45) is 4.81. The third-order valence-electron chi connectivity index (χ3n) is 5.22. The Hall–Kier alpha value is -1.61. The number of aromatic nitrogens is 1. The summed E-state index contributed by atoms with van der Waals surface area (Å²) in [5.74, 6) is 1.54. The molecule has 1 unspecified atom stereocenters. The molecule has 1 atom stereocenters. The first-order valence-corrected chi connectivity index (χ1v) is 11.3.